The molecule has 0 aliphatic carbocycles. The maximum absolute atomic E-state index is 12.1. The first kappa shape index (κ1) is 18.7. The molecule has 0 heterocycles. The lowest BCUT2D eigenvalue weighted by Crippen LogP contribution is -2.37. The standard InChI is InChI=1S/C20H24N2O3/c1-3-8-15-10-5-7-12-17(15)22-20(25)19(24)21-13-18(23)16-11-6-4-9-14(16)2/h4-7,9-12,18,23H,3,8,13H2,1-2H3,(H,21,24)(H,22,25). The van der Waals surface area contributed by atoms with Crippen LogP contribution in [0.2, 0.25) is 0 Å². The summed E-state index contributed by atoms with van der Waals surface area (Å²) in [6.45, 7) is 3.92. The molecular formula is C20H24N2O3. The van der Waals surface area contributed by atoms with Gasteiger partial charge in [-0.25, -0.2) is 0 Å². The van der Waals surface area contributed by atoms with Crippen LogP contribution < -0.4 is 10.6 Å². The molecule has 1 atom stereocenters. The third-order valence-electron chi connectivity index (χ3n) is 3.99. The van der Waals surface area contributed by atoms with Gasteiger partial charge in [-0.05, 0) is 36.1 Å². The topological polar surface area (TPSA) is 78.4 Å². The van der Waals surface area contributed by atoms with Gasteiger partial charge in [-0.15, -0.1) is 0 Å². The second-order valence-electron chi connectivity index (χ2n) is 5.94. The summed E-state index contributed by atoms with van der Waals surface area (Å²) in [7, 11) is 0. The fraction of sp³-hybridized carbons (Fsp3) is 0.300. The van der Waals surface area contributed by atoms with Crippen molar-refractivity contribution in [1.29, 1.82) is 0 Å². The number of anilines is 1. The van der Waals surface area contributed by atoms with Crippen molar-refractivity contribution in [1.82, 2.24) is 5.32 Å². The monoisotopic (exact) mass is 340 g/mol. The average Bonchev–Trinajstić information content (AvgIpc) is 2.61. The highest BCUT2D eigenvalue weighted by atomic mass is 16.3. The van der Waals surface area contributed by atoms with Crippen LogP contribution in [0.15, 0.2) is 48.5 Å². The highest BCUT2D eigenvalue weighted by molar-refractivity contribution is 6.39. The van der Waals surface area contributed by atoms with Gasteiger partial charge in [-0.3, -0.25) is 9.59 Å². The fourth-order valence-electron chi connectivity index (χ4n) is 2.65. The average molecular weight is 340 g/mol. The predicted octanol–water partition coefficient (Wildman–Crippen LogP) is 2.74. The van der Waals surface area contributed by atoms with E-state index in [4.69, 9.17) is 0 Å². The van der Waals surface area contributed by atoms with Crippen LogP contribution in [-0.2, 0) is 16.0 Å². The Kier molecular flexibility index (Phi) is 6.71. The molecule has 0 radical (unpaired) electrons. The number of aryl methyl sites for hydroxylation is 2. The van der Waals surface area contributed by atoms with Gasteiger partial charge in [0.15, 0.2) is 0 Å². The third kappa shape index (κ3) is 5.16. The first-order chi connectivity index (χ1) is 12.0. The molecule has 2 aromatic rings. The van der Waals surface area contributed by atoms with Crippen molar-refractivity contribution < 1.29 is 14.7 Å². The number of carbonyl (C=O) groups is 2. The van der Waals surface area contributed by atoms with E-state index in [-0.39, 0.29) is 6.54 Å². The van der Waals surface area contributed by atoms with Gasteiger partial charge in [-0.1, -0.05) is 55.8 Å². The van der Waals surface area contributed by atoms with Crippen LogP contribution in [0.25, 0.3) is 0 Å². The van der Waals surface area contributed by atoms with E-state index < -0.39 is 17.9 Å². The Morgan fingerprint density at radius 2 is 1.72 bits per heavy atom. The minimum atomic E-state index is -0.856. The number of amides is 2. The molecule has 0 aromatic heterocycles. The van der Waals surface area contributed by atoms with Gasteiger partial charge in [0.2, 0.25) is 0 Å². The second-order valence-corrected chi connectivity index (χ2v) is 5.94. The van der Waals surface area contributed by atoms with Crippen molar-refractivity contribution in [2.75, 3.05) is 11.9 Å². The second kappa shape index (κ2) is 8.99. The number of hydrogen-bond acceptors (Lipinski definition) is 3. The molecule has 1 unspecified atom stereocenters. The summed E-state index contributed by atoms with van der Waals surface area (Å²) < 4.78 is 0. The number of hydrogen-bond donors (Lipinski definition) is 3. The molecular weight excluding hydrogens is 316 g/mol. The first-order valence-electron chi connectivity index (χ1n) is 8.43. The van der Waals surface area contributed by atoms with Crippen molar-refractivity contribution in [2.45, 2.75) is 32.8 Å². The van der Waals surface area contributed by atoms with Gasteiger partial charge in [0.25, 0.3) is 0 Å². The van der Waals surface area contributed by atoms with Crippen LogP contribution in [0.4, 0.5) is 5.69 Å². The molecule has 0 aliphatic heterocycles. The quantitative estimate of drug-likeness (QED) is 0.708. The maximum atomic E-state index is 12.1. The van der Waals surface area contributed by atoms with Gasteiger partial charge in [0.1, 0.15) is 0 Å². The number of aliphatic hydroxyl groups is 1. The van der Waals surface area contributed by atoms with Gasteiger partial charge < -0.3 is 15.7 Å². The predicted molar refractivity (Wildman–Crippen MR) is 98.2 cm³/mol. The molecule has 0 spiro atoms. The molecule has 132 valence electrons. The summed E-state index contributed by atoms with van der Waals surface area (Å²) >= 11 is 0. The normalized spacial score (nSPS) is 11.6. The Hall–Kier alpha value is -2.66. The molecule has 0 bridgehead atoms. The molecule has 0 saturated heterocycles. The number of para-hydroxylation sites is 1. The lowest BCUT2D eigenvalue weighted by Gasteiger charge is -2.15. The summed E-state index contributed by atoms with van der Waals surface area (Å²) in [5.41, 5.74) is 3.30. The van der Waals surface area contributed by atoms with E-state index in [0.29, 0.717) is 5.69 Å². The number of benzene rings is 2. The first-order valence-corrected chi connectivity index (χ1v) is 8.43. The molecule has 0 fully saturated rings. The minimum absolute atomic E-state index is 0.0201. The number of aliphatic hydroxyl groups excluding tert-OH is 1. The van der Waals surface area contributed by atoms with Crippen molar-refractivity contribution >= 4 is 17.5 Å². The van der Waals surface area contributed by atoms with Gasteiger partial charge in [0.05, 0.1) is 6.10 Å². The smallest absolute Gasteiger partial charge is 0.313 e. The van der Waals surface area contributed by atoms with Crippen LogP contribution in [0.5, 0.6) is 0 Å². The zero-order chi connectivity index (χ0) is 18.2. The van der Waals surface area contributed by atoms with Crippen LogP contribution >= 0.6 is 0 Å². The van der Waals surface area contributed by atoms with E-state index in [1.807, 2.05) is 43.3 Å². The summed E-state index contributed by atoms with van der Waals surface area (Å²) in [5, 5.41) is 15.3. The Balaban J connectivity index is 1.93. The molecule has 2 amide bonds. The van der Waals surface area contributed by atoms with E-state index in [9.17, 15) is 14.7 Å². The Labute approximate surface area is 148 Å². The van der Waals surface area contributed by atoms with E-state index in [1.54, 1.807) is 12.1 Å². The summed E-state index contributed by atoms with van der Waals surface area (Å²) in [6, 6.07) is 14.8. The zero-order valence-electron chi connectivity index (χ0n) is 14.6. The van der Waals surface area contributed by atoms with Crippen LogP contribution in [0.1, 0.15) is 36.1 Å². The van der Waals surface area contributed by atoms with Gasteiger partial charge >= 0.3 is 11.8 Å². The maximum Gasteiger partial charge on any atom is 0.313 e. The number of rotatable bonds is 6. The van der Waals surface area contributed by atoms with Gasteiger partial charge in [-0.2, -0.15) is 0 Å². The summed E-state index contributed by atoms with van der Waals surface area (Å²) in [4.78, 5) is 24.1. The molecule has 5 nitrogen and oxygen atoms in total. The highest BCUT2D eigenvalue weighted by Gasteiger charge is 2.17. The molecule has 3 N–H and O–H groups in total. The van der Waals surface area contributed by atoms with Crippen molar-refractivity contribution in [3.05, 3.63) is 65.2 Å². The van der Waals surface area contributed by atoms with Crippen molar-refractivity contribution in [3.63, 3.8) is 0 Å². The van der Waals surface area contributed by atoms with E-state index in [1.165, 1.54) is 0 Å². The highest BCUT2D eigenvalue weighted by Crippen LogP contribution is 2.17. The number of nitrogens with one attached hydrogen (secondary N) is 2. The van der Waals surface area contributed by atoms with E-state index in [2.05, 4.69) is 17.6 Å². The van der Waals surface area contributed by atoms with E-state index >= 15 is 0 Å². The van der Waals surface area contributed by atoms with Crippen LogP contribution in [0, 0.1) is 6.92 Å². The van der Waals surface area contributed by atoms with E-state index in [0.717, 1.165) is 29.5 Å². The Morgan fingerprint density at radius 1 is 1.04 bits per heavy atom. The molecule has 2 rings (SSSR count). The van der Waals surface area contributed by atoms with Crippen LogP contribution in [-0.4, -0.2) is 23.5 Å². The van der Waals surface area contributed by atoms with Crippen molar-refractivity contribution in [2.24, 2.45) is 0 Å². The summed E-state index contributed by atoms with van der Waals surface area (Å²) in [6.07, 6.45) is 0.913. The molecule has 5 heteroatoms. The lowest BCUT2D eigenvalue weighted by atomic mass is 10.0. The largest absolute Gasteiger partial charge is 0.387 e. The molecule has 0 aliphatic rings. The Morgan fingerprint density at radius 3 is 2.44 bits per heavy atom. The zero-order valence-corrected chi connectivity index (χ0v) is 14.6. The minimum Gasteiger partial charge on any atom is -0.387 e. The lowest BCUT2D eigenvalue weighted by molar-refractivity contribution is -0.136. The van der Waals surface area contributed by atoms with Gasteiger partial charge in [0, 0.05) is 12.2 Å². The van der Waals surface area contributed by atoms with Crippen molar-refractivity contribution in [3.8, 4) is 0 Å². The fourth-order valence-corrected chi connectivity index (χ4v) is 2.65. The molecule has 0 saturated carbocycles. The number of carbonyl (C=O) groups excluding carboxylic acids is 2. The SMILES string of the molecule is CCCc1ccccc1NC(=O)C(=O)NCC(O)c1ccccc1C. The molecule has 2 aromatic carbocycles. The Bertz CT molecular complexity index is 743. The summed E-state index contributed by atoms with van der Waals surface area (Å²) in [5.74, 6) is -1.50. The third-order valence-corrected chi connectivity index (χ3v) is 3.99. The molecule has 25 heavy (non-hydrogen) atoms. The van der Waals surface area contributed by atoms with Crippen LogP contribution in [0.3, 0.4) is 0 Å².